The van der Waals surface area contributed by atoms with Gasteiger partial charge >= 0.3 is 183 Å². The molecule has 0 atom stereocenters. The van der Waals surface area contributed by atoms with Crippen molar-refractivity contribution in [3.8, 4) is 52.8 Å². The molecular formula is C15N12Se3. The van der Waals surface area contributed by atoms with Gasteiger partial charge in [0.05, 0.1) is 0 Å². The minimum atomic E-state index is -0.0388. The van der Waals surface area contributed by atoms with Crippen LogP contribution in [0.1, 0.15) is 17.1 Å². The van der Waals surface area contributed by atoms with Crippen LogP contribution in [0, 0.1) is 34.0 Å². The summed E-state index contributed by atoms with van der Waals surface area (Å²) in [6.07, 6.45) is 0. The average Bonchev–Trinajstić information content (AvgIpc) is 3.54. The molecule has 30 heavy (non-hydrogen) atoms. The number of fused-ring (bicyclic) bond motifs is 3. The molecule has 138 valence electrons. The zero-order valence-corrected chi connectivity index (χ0v) is 19.2. The third kappa shape index (κ3) is 1.84. The van der Waals surface area contributed by atoms with Gasteiger partial charge in [-0.25, -0.2) is 0 Å². The monoisotopic (exact) mass is 588 g/mol. The first-order chi connectivity index (χ1) is 14.7. The fraction of sp³-hybridized carbons (Fsp3) is 0. The zero-order chi connectivity index (χ0) is 20.1. The molecule has 10 aromatic heterocycles. The molecule has 15 heteroatoms. The molecule has 0 amide bonds. The average molecular weight is 585 g/mol. The first kappa shape index (κ1) is 16.5. The predicted octanol–water partition coefficient (Wildman–Crippen LogP) is -1.08. The van der Waals surface area contributed by atoms with Crippen LogP contribution in [-0.4, -0.2) is 85.0 Å². The van der Waals surface area contributed by atoms with Gasteiger partial charge in [0.15, 0.2) is 0 Å². The van der Waals surface area contributed by atoms with Crippen molar-refractivity contribution in [3.63, 3.8) is 0 Å². The molecule has 0 radical (unpaired) electrons. The predicted molar refractivity (Wildman–Crippen MR) is 101 cm³/mol. The Morgan fingerprint density at radius 2 is 0.833 bits per heavy atom. The van der Waals surface area contributed by atoms with E-state index >= 15 is 0 Å². The third-order valence-electron chi connectivity index (χ3n) is 4.56. The standard InChI is InChI=1S/C15N12Se3/c16-1-4-10-7(22-25(4)28-10)13-19-14(8-11-5(2-17)26(23-8)29-11)21-15(20-13)9-12-6(3-18)27(24-9)30-12. The summed E-state index contributed by atoms with van der Waals surface area (Å²) in [5.41, 5.74) is 3.28. The Kier molecular flexibility index (Phi) is 2.98. The van der Waals surface area contributed by atoms with Crippen molar-refractivity contribution in [2.45, 2.75) is 0 Å². The van der Waals surface area contributed by atoms with E-state index in [4.69, 9.17) is 0 Å². The molecule has 0 aromatic carbocycles. The molecule has 0 N–H and O–H groups in total. The number of hydrogen-bond donors (Lipinski definition) is 0. The molecule has 12 nitrogen and oxygen atoms in total. The summed E-state index contributed by atoms with van der Waals surface area (Å²) in [4.78, 5) is 13.8. The van der Waals surface area contributed by atoms with Gasteiger partial charge in [0.1, 0.15) is 0 Å². The van der Waals surface area contributed by atoms with Crippen LogP contribution >= 0.6 is 0 Å². The van der Waals surface area contributed by atoms with Gasteiger partial charge in [0.2, 0.25) is 0 Å². The summed E-state index contributed by atoms with van der Waals surface area (Å²) in [7, 11) is 0. The Hall–Kier alpha value is -3.33. The summed E-state index contributed by atoms with van der Waals surface area (Å²) >= 11 is -0.116. The Bertz CT molecular complexity index is 1620. The van der Waals surface area contributed by atoms with Gasteiger partial charge in [-0.2, -0.15) is 0 Å². The molecule has 10 aromatic rings. The zero-order valence-electron chi connectivity index (χ0n) is 14.1. The van der Waals surface area contributed by atoms with E-state index in [9.17, 15) is 15.8 Å². The number of aromatic nitrogens is 9. The Morgan fingerprint density at radius 1 is 0.533 bits per heavy atom. The molecule has 0 aliphatic carbocycles. The van der Waals surface area contributed by atoms with Gasteiger partial charge in [0.25, 0.3) is 0 Å². The van der Waals surface area contributed by atoms with Crippen molar-refractivity contribution in [2.75, 3.05) is 0 Å². The van der Waals surface area contributed by atoms with E-state index in [1.54, 1.807) is 10.5 Å². The number of rotatable bonds is 3. The normalized spacial score (nSPS) is 11.9. The van der Waals surface area contributed by atoms with Gasteiger partial charge in [-0.05, 0) is 0 Å². The van der Waals surface area contributed by atoms with E-state index in [1.807, 2.05) is 0 Å². The fourth-order valence-electron chi connectivity index (χ4n) is 3.17. The molecule has 0 saturated heterocycles. The van der Waals surface area contributed by atoms with Gasteiger partial charge in [-0.1, -0.05) is 0 Å². The van der Waals surface area contributed by atoms with Gasteiger partial charge in [-0.3, -0.25) is 0 Å². The van der Waals surface area contributed by atoms with Gasteiger partial charge in [-0.15, -0.1) is 0 Å². The van der Waals surface area contributed by atoms with Crippen LogP contribution in [0.3, 0.4) is 0 Å². The second-order valence-electron chi connectivity index (χ2n) is 6.11. The number of nitrogens with zero attached hydrogens (tertiary/aromatic N) is 12. The van der Waals surface area contributed by atoms with Crippen LogP contribution in [0.5, 0.6) is 0 Å². The fourth-order valence-corrected chi connectivity index (χ4v) is 8.35. The van der Waals surface area contributed by atoms with Gasteiger partial charge < -0.3 is 0 Å². The van der Waals surface area contributed by atoms with E-state index in [0.717, 1.165) is 12.8 Å². The van der Waals surface area contributed by atoms with Crippen molar-refractivity contribution in [1.29, 1.82) is 15.8 Å². The van der Waals surface area contributed by atoms with Crippen molar-refractivity contribution < 1.29 is 0 Å². The Morgan fingerprint density at radius 3 is 1.07 bits per heavy atom. The molecule has 10 rings (SSSR count). The summed E-state index contributed by atoms with van der Waals surface area (Å²) < 4.78 is 7.59. The molecular weight excluding hydrogens is 585 g/mol. The summed E-state index contributed by atoms with van der Waals surface area (Å²) in [6, 6.07) is 6.45. The van der Waals surface area contributed by atoms with E-state index in [-0.39, 0.29) is 44.2 Å². The van der Waals surface area contributed by atoms with Crippen LogP contribution in [0.15, 0.2) is 0 Å². The van der Waals surface area contributed by atoms with Crippen LogP contribution < -0.4 is 0 Å². The molecule has 0 fully saturated rings. The number of hydrogen-bond acceptors (Lipinski definition) is 9. The van der Waals surface area contributed by atoms with Crippen molar-refractivity contribution in [1.82, 2.24) is 40.8 Å². The van der Waals surface area contributed by atoms with Crippen LogP contribution in [-0.2, 0) is 0 Å². The molecule has 0 spiro atoms. The third-order valence-corrected chi connectivity index (χ3v) is 10.9. The van der Waals surface area contributed by atoms with E-state index < -0.39 is 0 Å². The molecule has 0 aliphatic rings. The Balaban J connectivity index is 1.48. The van der Waals surface area contributed by atoms with Crippen molar-refractivity contribution >= 4 is 57.0 Å². The van der Waals surface area contributed by atoms with Crippen molar-refractivity contribution in [2.24, 2.45) is 0 Å². The summed E-state index contributed by atoms with van der Waals surface area (Å²) in [5, 5.41) is 41.2. The molecule has 10 heterocycles. The van der Waals surface area contributed by atoms with Crippen molar-refractivity contribution in [3.05, 3.63) is 17.1 Å². The molecule has 0 aliphatic heterocycles. The van der Waals surface area contributed by atoms with E-state index in [2.05, 4.69) is 48.5 Å². The van der Waals surface area contributed by atoms with E-state index in [1.165, 1.54) is 0 Å². The second-order valence-corrected chi connectivity index (χ2v) is 12.0. The van der Waals surface area contributed by atoms with Gasteiger partial charge in [0, 0.05) is 0 Å². The molecule has 0 unspecified atom stereocenters. The summed E-state index contributed by atoms with van der Waals surface area (Å²) in [5.74, 6) is 1.05. The minimum absolute atomic E-state index is 0.0388. The topological polar surface area (TPSA) is 162 Å². The van der Waals surface area contributed by atoms with Crippen LogP contribution in [0.2, 0.25) is 0 Å². The van der Waals surface area contributed by atoms with E-state index in [0.29, 0.717) is 51.6 Å². The SMILES string of the molecule is N#Cc1c2[se]n1nc2-c1nc(-c2nn3[se]c2c3C#N)nc(-c2nn3[se]c2c3C#N)n1. The molecule has 6 bridgehead atoms. The molecule has 0 saturated carbocycles. The first-order valence-corrected chi connectivity index (χ1v) is 13.0. The van der Waals surface area contributed by atoms with Crippen LogP contribution in [0.25, 0.3) is 47.3 Å². The maximum absolute atomic E-state index is 9.29. The number of nitriles is 3. The van der Waals surface area contributed by atoms with Crippen LogP contribution in [0.4, 0.5) is 0 Å². The summed E-state index contributed by atoms with van der Waals surface area (Å²) in [6.45, 7) is 0. The second kappa shape index (κ2) is 5.42. The maximum atomic E-state index is 9.29. The first-order valence-electron chi connectivity index (χ1n) is 8.11. The quantitative estimate of drug-likeness (QED) is 0.235. The Labute approximate surface area is 182 Å².